The minimum Gasteiger partial charge on any atom is -0.493 e. The first-order chi connectivity index (χ1) is 15.5. The number of benzene rings is 2. The van der Waals surface area contributed by atoms with E-state index in [1.54, 1.807) is 42.3 Å². The average Bonchev–Trinajstić information content (AvgIpc) is 2.83. The minimum atomic E-state index is -0.342. The molecule has 1 aromatic heterocycles. The van der Waals surface area contributed by atoms with E-state index in [4.69, 9.17) is 23.4 Å². The van der Waals surface area contributed by atoms with E-state index in [2.05, 4.69) is 0 Å². The van der Waals surface area contributed by atoms with Crippen molar-refractivity contribution in [2.24, 2.45) is 0 Å². The fourth-order valence-electron chi connectivity index (χ4n) is 3.62. The van der Waals surface area contributed by atoms with Gasteiger partial charge in [0.25, 0.3) is 5.91 Å². The average molecular weight is 439 g/mol. The first kappa shape index (κ1) is 21.7. The van der Waals surface area contributed by atoms with Crippen molar-refractivity contribution in [2.75, 3.05) is 47.1 Å². The predicted molar refractivity (Wildman–Crippen MR) is 119 cm³/mol. The molecule has 0 unspecified atom stereocenters. The van der Waals surface area contributed by atoms with Gasteiger partial charge in [-0.1, -0.05) is 6.07 Å². The van der Waals surface area contributed by atoms with Crippen LogP contribution in [-0.2, 0) is 9.53 Å². The summed E-state index contributed by atoms with van der Waals surface area (Å²) >= 11 is 0. The number of methoxy groups -OCH3 is 2. The highest BCUT2D eigenvalue weighted by Gasteiger charge is 2.22. The number of nitrogens with zero attached hydrogens (tertiary/aromatic N) is 1. The Morgan fingerprint density at radius 1 is 1.03 bits per heavy atom. The Labute approximate surface area is 185 Å². The molecule has 1 amide bonds. The number of carbonyl (C=O) groups excluding carboxylic acids is 1. The smallest absolute Gasteiger partial charge is 0.260 e. The summed E-state index contributed by atoms with van der Waals surface area (Å²) in [4.78, 5) is 27.6. The molecule has 1 aliphatic rings. The molecule has 0 aliphatic carbocycles. The Hall–Kier alpha value is -3.52. The second-order valence-electron chi connectivity index (χ2n) is 7.44. The number of rotatable bonds is 6. The minimum absolute atomic E-state index is 0.0183. The Morgan fingerprint density at radius 3 is 2.50 bits per heavy atom. The lowest BCUT2D eigenvalue weighted by molar-refractivity contribution is -0.137. The standard InChI is InChI=1S/C24H25NO7/c1-15-4-6-17-19(12-15)32-23(16-5-7-18(28-2)20(13-16)29-3)24(22(17)27)31-14-21(26)25-8-10-30-11-9-25/h4-7,12-13H,8-11,14H2,1-3H3. The van der Waals surface area contributed by atoms with Gasteiger partial charge < -0.3 is 28.3 Å². The predicted octanol–water partition coefficient (Wildman–Crippen LogP) is 3.02. The molecule has 168 valence electrons. The SMILES string of the molecule is COc1ccc(-c2oc3cc(C)ccc3c(=O)c2OCC(=O)N2CCOCC2)cc1OC. The van der Waals surface area contributed by atoms with Gasteiger partial charge in [-0.05, 0) is 42.8 Å². The molecule has 0 radical (unpaired) electrons. The van der Waals surface area contributed by atoms with Crippen LogP contribution in [0.4, 0.5) is 0 Å². The van der Waals surface area contributed by atoms with Crippen LogP contribution in [-0.4, -0.2) is 57.9 Å². The third-order valence-corrected chi connectivity index (χ3v) is 5.36. The number of carbonyl (C=O) groups is 1. The van der Waals surface area contributed by atoms with Crippen molar-refractivity contribution >= 4 is 16.9 Å². The van der Waals surface area contributed by atoms with Crippen molar-refractivity contribution in [3.8, 4) is 28.6 Å². The maximum atomic E-state index is 13.3. The van der Waals surface area contributed by atoms with E-state index in [1.165, 1.54) is 7.11 Å². The molecule has 0 spiro atoms. The van der Waals surface area contributed by atoms with Gasteiger partial charge >= 0.3 is 0 Å². The fraction of sp³-hybridized carbons (Fsp3) is 0.333. The highest BCUT2D eigenvalue weighted by atomic mass is 16.5. The third kappa shape index (κ3) is 4.27. The van der Waals surface area contributed by atoms with Crippen molar-refractivity contribution in [3.05, 3.63) is 52.2 Å². The van der Waals surface area contributed by atoms with Crippen LogP contribution in [0.5, 0.6) is 17.2 Å². The molecule has 0 N–H and O–H groups in total. The van der Waals surface area contributed by atoms with E-state index >= 15 is 0 Å². The van der Waals surface area contributed by atoms with Crippen molar-refractivity contribution in [3.63, 3.8) is 0 Å². The van der Waals surface area contributed by atoms with Crippen LogP contribution in [0.3, 0.4) is 0 Å². The lowest BCUT2D eigenvalue weighted by Crippen LogP contribution is -2.43. The Morgan fingerprint density at radius 2 is 1.78 bits per heavy atom. The maximum absolute atomic E-state index is 13.3. The molecule has 3 aromatic rings. The number of aryl methyl sites for hydroxylation is 1. The van der Waals surface area contributed by atoms with Gasteiger partial charge in [0.15, 0.2) is 23.9 Å². The Balaban J connectivity index is 1.77. The summed E-state index contributed by atoms with van der Waals surface area (Å²) in [6.07, 6.45) is 0. The van der Waals surface area contributed by atoms with Crippen LogP contribution in [0, 0.1) is 6.92 Å². The molecule has 0 bridgehead atoms. The van der Waals surface area contributed by atoms with Gasteiger partial charge in [-0.15, -0.1) is 0 Å². The summed E-state index contributed by atoms with van der Waals surface area (Å²) in [7, 11) is 3.07. The highest BCUT2D eigenvalue weighted by molar-refractivity contribution is 5.83. The van der Waals surface area contributed by atoms with Gasteiger partial charge in [-0.2, -0.15) is 0 Å². The van der Waals surface area contributed by atoms with Crippen LogP contribution >= 0.6 is 0 Å². The normalized spacial score (nSPS) is 13.8. The maximum Gasteiger partial charge on any atom is 0.260 e. The van der Waals surface area contributed by atoms with Crippen LogP contribution < -0.4 is 19.6 Å². The number of hydrogen-bond donors (Lipinski definition) is 0. The van der Waals surface area contributed by atoms with Crippen molar-refractivity contribution < 1.29 is 28.2 Å². The molecular formula is C24H25NO7. The molecular weight excluding hydrogens is 414 g/mol. The molecule has 2 heterocycles. The second kappa shape index (κ2) is 9.32. The van der Waals surface area contributed by atoms with E-state index in [9.17, 15) is 9.59 Å². The first-order valence-electron chi connectivity index (χ1n) is 10.3. The van der Waals surface area contributed by atoms with E-state index in [0.717, 1.165) is 5.56 Å². The van der Waals surface area contributed by atoms with Crippen LogP contribution in [0.15, 0.2) is 45.6 Å². The van der Waals surface area contributed by atoms with Gasteiger partial charge in [0.1, 0.15) is 5.58 Å². The first-order valence-corrected chi connectivity index (χ1v) is 10.3. The molecule has 0 atom stereocenters. The van der Waals surface area contributed by atoms with E-state index < -0.39 is 0 Å². The van der Waals surface area contributed by atoms with Gasteiger partial charge in [-0.3, -0.25) is 9.59 Å². The quantitative estimate of drug-likeness (QED) is 0.583. The summed E-state index contributed by atoms with van der Waals surface area (Å²) in [6, 6.07) is 10.5. The number of fused-ring (bicyclic) bond motifs is 1. The Bertz CT molecular complexity index is 1190. The molecule has 32 heavy (non-hydrogen) atoms. The molecule has 8 nitrogen and oxygen atoms in total. The van der Waals surface area contributed by atoms with Crippen LogP contribution in [0.1, 0.15) is 5.56 Å². The second-order valence-corrected chi connectivity index (χ2v) is 7.44. The van der Waals surface area contributed by atoms with Crippen LogP contribution in [0.25, 0.3) is 22.3 Å². The fourth-order valence-corrected chi connectivity index (χ4v) is 3.62. The zero-order valence-corrected chi connectivity index (χ0v) is 18.3. The third-order valence-electron chi connectivity index (χ3n) is 5.36. The topological polar surface area (TPSA) is 87.4 Å². The molecule has 2 aromatic carbocycles. The molecule has 1 fully saturated rings. The number of morpholine rings is 1. The molecule has 8 heteroatoms. The summed E-state index contributed by atoms with van der Waals surface area (Å²) in [5.74, 6) is 1.02. The lowest BCUT2D eigenvalue weighted by Gasteiger charge is -2.26. The zero-order chi connectivity index (χ0) is 22.7. The number of ether oxygens (including phenoxy) is 4. The summed E-state index contributed by atoms with van der Waals surface area (Å²) in [5.41, 5.74) is 1.62. The summed E-state index contributed by atoms with van der Waals surface area (Å²) in [6.45, 7) is 3.61. The highest BCUT2D eigenvalue weighted by Crippen LogP contribution is 2.36. The van der Waals surface area contributed by atoms with Crippen molar-refractivity contribution in [1.29, 1.82) is 0 Å². The van der Waals surface area contributed by atoms with E-state index in [-0.39, 0.29) is 29.5 Å². The number of amides is 1. The van der Waals surface area contributed by atoms with Gasteiger partial charge in [-0.25, -0.2) is 0 Å². The van der Waals surface area contributed by atoms with Gasteiger partial charge in [0.2, 0.25) is 11.2 Å². The summed E-state index contributed by atoms with van der Waals surface area (Å²) < 4.78 is 27.9. The molecule has 1 aliphatic heterocycles. The zero-order valence-electron chi connectivity index (χ0n) is 18.3. The summed E-state index contributed by atoms with van der Waals surface area (Å²) in [5, 5.41) is 0.383. The number of hydrogen-bond acceptors (Lipinski definition) is 7. The molecule has 4 rings (SSSR count). The van der Waals surface area contributed by atoms with Crippen molar-refractivity contribution in [1.82, 2.24) is 4.90 Å². The van der Waals surface area contributed by atoms with Gasteiger partial charge in [0, 0.05) is 18.7 Å². The molecule has 0 saturated carbocycles. The van der Waals surface area contributed by atoms with E-state index in [0.29, 0.717) is 54.3 Å². The van der Waals surface area contributed by atoms with Crippen molar-refractivity contribution in [2.45, 2.75) is 6.92 Å². The van der Waals surface area contributed by atoms with E-state index in [1.807, 2.05) is 13.0 Å². The monoisotopic (exact) mass is 439 g/mol. The largest absolute Gasteiger partial charge is 0.493 e. The molecule has 1 saturated heterocycles. The van der Waals surface area contributed by atoms with Gasteiger partial charge in [0.05, 0.1) is 32.8 Å². The Kier molecular flexibility index (Phi) is 6.32. The van der Waals surface area contributed by atoms with Crippen LogP contribution in [0.2, 0.25) is 0 Å². The lowest BCUT2D eigenvalue weighted by atomic mass is 10.1.